The maximum Gasteiger partial charge on any atom is 0.273 e. The van der Waals surface area contributed by atoms with Crippen LogP contribution in [0.25, 0.3) is 11.5 Å². The summed E-state index contributed by atoms with van der Waals surface area (Å²) in [5.41, 5.74) is 1.96. The molecule has 1 N–H and O–H groups in total. The predicted molar refractivity (Wildman–Crippen MR) is 128 cm³/mol. The SMILES string of the molecule is O=C(c1ccc(-c2nc(C(=O)NCCCCCOc3ccccc3)co2)cc1)c1cccnc1. The number of carbonyl (C=O) groups is 2. The molecule has 0 radical (unpaired) electrons. The Balaban J connectivity index is 1.21. The monoisotopic (exact) mass is 455 g/mol. The van der Waals surface area contributed by atoms with Crippen molar-refractivity contribution < 1.29 is 18.7 Å². The molecule has 4 aromatic rings. The van der Waals surface area contributed by atoms with Crippen molar-refractivity contribution in [2.75, 3.05) is 13.2 Å². The van der Waals surface area contributed by atoms with E-state index in [1.54, 1.807) is 42.6 Å². The number of rotatable bonds is 11. The van der Waals surface area contributed by atoms with Gasteiger partial charge in [-0.25, -0.2) is 4.98 Å². The van der Waals surface area contributed by atoms with Crippen LogP contribution in [0.4, 0.5) is 0 Å². The molecule has 0 saturated heterocycles. The number of hydrogen-bond acceptors (Lipinski definition) is 6. The van der Waals surface area contributed by atoms with Crippen LogP contribution in [0.2, 0.25) is 0 Å². The Bertz CT molecular complexity index is 1210. The third kappa shape index (κ3) is 6.16. The lowest BCUT2D eigenvalue weighted by molar-refractivity contribution is 0.0947. The highest BCUT2D eigenvalue weighted by molar-refractivity contribution is 6.08. The molecule has 0 saturated carbocycles. The van der Waals surface area contributed by atoms with Gasteiger partial charge in [-0.15, -0.1) is 0 Å². The molecule has 0 spiro atoms. The number of ketones is 1. The molecule has 1 amide bonds. The maximum absolute atomic E-state index is 12.5. The van der Waals surface area contributed by atoms with E-state index >= 15 is 0 Å². The molecule has 7 heteroatoms. The van der Waals surface area contributed by atoms with Crippen LogP contribution in [-0.2, 0) is 0 Å². The number of unbranched alkanes of at least 4 members (excludes halogenated alkanes) is 2. The Morgan fingerprint density at radius 3 is 2.47 bits per heavy atom. The number of ether oxygens (including phenoxy) is 1. The Labute approximate surface area is 197 Å². The molecule has 34 heavy (non-hydrogen) atoms. The lowest BCUT2D eigenvalue weighted by Gasteiger charge is -2.06. The molecule has 2 heterocycles. The van der Waals surface area contributed by atoms with Crippen molar-refractivity contribution in [3.63, 3.8) is 0 Å². The van der Waals surface area contributed by atoms with Gasteiger partial charge in [0.1, 0.15) is 12.0 Å². The smallest absolute Gasteiger partial charge is 0.273 e. The largest absolute Gasteiger partial charge is 0.494 e. The number of nitrogens with zero attached hydrogens (tertiary/aromatic N) is 2. The molecule has 0 aliphatic rings. The van der Waals surface area contributed by atoms with Crippen molar-refractivity contribution in [3.05, 3.63) is 102 Å². The van der Waals surface area contributed by atoms with Gasteiger partial charge in [0.05, 0.1) is 6.61 Å². The second-order valence-corrected chi connectivity index (χ2v) is 7.66. The Morgan fingerprint density at radius 2 is 1.71 bits per heavy atom. The summed E-state index contributed by atoms with van der Waals surface area (Å²) in [6.07, 6.45) is 7.21. The van der Waals surface area contributed by atoms with Crippen molar-refractivity contribution in [1.29, 1.82) is 0 Å². The highest BCUT2D eigenvalue weighted by Crippen LogP contribution is 2.20. The normalized spacial score (nSPS) is 10.6. The molecule has 4 rings (SSSR count). The molecule has 0 fully saturated rings. The minimum absolute atomic E-state index is 0.112. The van der Waals surface area contributed by atoms with Crippen molar-refractivity contribution in [2.45, 2.75) is 19.3 Å². The quantitative estimate of drug-likeness (QED) is 0.254. The van der Waals surface area contributed by atoms with Gasteiger partial charge in [0.2, 0.25) is 5.89 Å². The minimum Gasteiger partial charge on any atom is -0.494 e. The van der Waals surface area contributed by atoms with Crippen LogP contribution in [0.5, 0.6) is 5.75 Å². The zero-order chi connectivity index (χ0) is 23.6. The highest BCUT2D eigenvalue weighted by Gasteiger charge is 2.14. The first-order chi connectivity index (χ1) is 16.7. The number of hydrogen-bond donors (Lipinski definition) is 1. The molecule has 2 aromatic carbocycles. The van der Waals surface area contributed by atoms with Crippen LogP contribution < -0.4 is 10.1 Å². The summed E-state index contributed by atoms with van der Waals surface area (Å²) in [4.78, 5) is 33.1. The summed E-state index contributed by atoms with van der Waals surface area (Å²) < 4.78 is 11.1. The lowest BCUT2D eigenvalue weighted by Crippen LogP contribution is -2.24. The van der Waals surface area contributed by atoms with Gasteiger partial charge in [0.25, 0.3) is 5.91 Å². The molecular formula is C27H25N3O4. The van der Waals surface area contributed by atoms with E-state index in [-0.39, 0.29) is 17.4 Å². The van der Waals surface area contributed by atoms with Gasteiger partial charge < -0.3 is 14.5 Å². The summed E-state index contributed by atoms with van der Waals surface area (Å²) in [5.74, 6) is 0.800. The first kappa shape index (κ1) is 22.9. The van der Waals surface area contributed by atoms with Crippen molar-refractivity contribution >= 4 is 11.7 Å². The lowest BCUT2D eigenvalue weighted by atomic mass is 10.0. The molecule has 0 aliphatic heterocycles. The van der Waals surface area contributed by atoms with Crippen molar-refractivity contribution in [3.8, 4) is 17.2 Å². The average Bonchev–Trinajstić information content (AvgIpc) is 3.39. The predicted octanol–water partition coefficient (Wildman–Crippen LogP) is 4.95. The van der Waals surface area contributed by atoms with E-state index in [0.29, 0.717) is 35.7 Å². The number of benzene rings is 2. The summed E-state index contributed by atoms with van der Waals surface area (Å²) in [6, 6.07) is 20.1. The van der Waals surface area contributed by atoms with Gasteiger partial charge in [-0.05, 0) is 55.7 Å². The van der Waals surface area contributed by atoms with E-state index in [0.717, 1.165) is 25.0 Å². The second-order valence-electron chi connectivity index (χ2n) is 7.66. The van der Waals surface area contributed by atoms with Crippen molar-refractivity contribution in [1.82, 2.24) is 15.3 Å². The molecule has 0 unspecified atom stereocenters. The summed E-state index contributed by atoms with van der Waals surface area (Å²) in [5, 5.41) is 2.86. The van der Waals surface area contributed by atoms with Crippen LogP contribution in [0.15, 0.2) is 89.8 Å². The molecule has 2 aromatic heterocycles. The van der Waals surface area contributed by atoms with Gasteiger partial charge in [-0.1, -0.05) is 30.3 Å². The van der Waals surface area contributed by atoms with E-state index in [2.05, 4.69) is 15.3 Å². The molecule has 0 aliphatic carbocycles. The molecule has 172 valence electrons. The number of carbonyl (C=O) groups excluding carboxylic acids is 2. The average molecular weight is 456 g/mol. The van der Waals surface area contributed by atoms with Gasteiger partial charge in [0, 0.05) is 35.6 Å². The van der Waals surface area contributed by atoms with Crippen LogP contribution in [0, 0.1) is 0 Å². The Hall–Kier alpha value is -4.26. The zero-order valence-corrected chi connectivity index (χ0v) is 18.6. The second kappa shape index (κ2) is 11.6. The number of nitrogens with one attached hydrogen (secondary N) is 1. The van der Waals surface area contributed by atoms with E-state index in [9.17, 15) is 9.59 Å². The first-order valence-electron chi connectivity index (χ1n) is 11.2. The molecule has 0 atom stereocenters. The highest BCUT2D eigenvalue weighted by atomic mass is 16.5. The number of para-hydroxylation sites is 1. The fourth-order valence-electron chi connectivity index (χ4n) is 3.34. The van der Waals surface area contributed by atoms with Crippen LogP contribution in [-0.4, -0.2) is 34.8 Å². The third-order valence-corrected chi connectivity index (χ3v) is 5.17. The number of aromatic nitrogens is 2. The molecular weight excluding hydrogens is 430 g/mol. The molecule has 7 nitrogen and oxygen atoms in total. The summed E-state index contributed by atoms with van der Waals surface area (Å²) in [7, 11) is 0. The van der Waals surface area contributed by atoms with Crippen LogP contribution in [0.3, 0.4) is 0 Å². The fraction of sp³-hybridized carbons (Fsp3) is 0.185. The Kier molecular flexibility index (Phi) is 7.79. The topological polar surface area (TPSA) is 94.3 Å². The fourth-order valence-corrected chi connectivity index (χ4v) is 3.34. The van der Waals surface area contributed by atoms with Gasteiger partial charge in [-0.3, -0.25) is 14.6 Å². The summed E-state index contributed by atoms with van der Waals surface area (Å²) in [6.45, 7) is 1.20. The van der Waals surface area contributed by atoms with Crippen molar-refractivity contribution in [2.24, 2.45) is 0 Å². The minimum atomic E-state index is -0.279. The van der Waals surface area contributed by atoms with Crippen LogP contribution >= 0.6 is 0 Å². The summed E-state index contributed by atoms with van der Waals surface area (Å²) >= 11 is 0. The van der Waals surface area contributed by atoms with E-state index in [1.807, 2.05) is 30.3 Å². The van der Waals surface area contributed by atoms with E-state index < -0.39 is 0 Å². The third-order valence-electron chi connectivity index (χ3n) is 5.17. The zero-order valence-electron chi connectivity index (χ0n) is 18.6. The van der Waals surface area contributed by atoms with Gasteiger partial charge in [0.15, 0.2) is 11.5 Å². The number of oxazole rings is 1. The first-order valence-corrected chi connectivity index (χ1v) is 11.2. The standard InChI is InChI=1S/C27H25N3O4/c31-25(22-8-7-15-28-18-22)20-11-13-21(14-12-20)27-30-24(19-34-27)26(32)29-16-5-2-6-17-33-23-9-3-1-4-10-23/h1,3-4,7-15,18-19H,2,5-6,16-17H2,(H,29,32). The number of amides is 1. The van der Waals surface area contributed by atoms with Gasteiger partial charge in [-0.2, -0.15) is 0 Å². The van der Waals surface area contributed by atoms with E-state index in [4.69, 9.17) is 9.15 Å². The van der Waals surface area contributed by atoms with Gasteiger partial charge >= 0.3 is 0 Å². The molecule has 0 bridgehead atoms. The number of pyridine rings is 1. The maximum atomic E-state index is 12.5. The van der Waals surface area contributed by atoms with E-state index in [1.165, 1.54) is 12.5 Å². The Morgan fingerprint density at radius 1 is 0.882 bits per heavy atom. The van der Waals surface area contributed by atoms with Crippen LogP contribution in [0.1, 0.15) is 45.7 Å².